The Morgan fingerprint density at radius 3 is 2.55 bits per heavy atom. The molecule has 0 spiro atoms. The highest BCUT2D eigenvalue weighted by molar-refractivity contribution is 5.68. The second-order valence-electron chi connectivity index (χ2n) is 8.76. The third-order valence-corrected chi connectivity index (χ3v) is 5.49. The molecule has 1 aromatic carbocycles. The molecule has 0 atom stereocenters. The van der Waals surface area contributed by atoms with Crippen LogP contribution in [0.25, 0.3) is 0 Å². The molecule has 1 aliphatic carbocycles. The summed E-state index contributed by atoms with van der Waals surface area (Å²) < 4.78 is 5.43. The van der Waals surface area contributed by atoms with Gasteiger partial charge in [-0.05, 0) is 51.3 Å². The van der Waals surface area contributed by atoms with E-state index in [1.807, 2.05) is 32.9 Å². The largest absolute Gasteiger partial charge is 0.444 e. The molecule has 4 rings (SSSR count). The van der Waals surface area contributed by atoms with Gasteiger partial charge < -0.3 is 14.6 Å². The van der Waals surface area contributed by atoms with E-state index in [0.717, 1.165) is 24.1 Å². The number of aromatic amines is 1. The molecule has 2 heterocycles. The quantitative estimate of drug-likeness (QED) is 0.847. The van der Waals surface area contributed by atoms with Gasteiger partial charge >= 0.3 is 6.09 Å². The van der Waals surface area contributed by atoms with E-state index in [4.69, 9.17) is 15.0 Å². The first-order chi connectivity index (χ1) is 13.7. The highest BCUT2D eigenvalue weighted by atomic mass is 16.6. The van der Waals surface area contributed by atoms with E-state index in [9.17, 15) is 9.59 Å². The number of benzene rings is 1. The SMILES string of the molecule is CC(C)(C)OC(=O)N1CCc2nc(C3(c4ccc(C#N)cc4)CC3)[nH]c(=O)c2C1. The zero-order valence-corrected chi connectivity index (χ0v) is 16.9. The number of carbonyl (C=O) groups excluding carboxylic acids is 1. The summed E-state index contributed by atoms with van der Waals surface area (Å²) in [6.07, 6.45) is 1.92. The van der Waals surface area contributed by atoms with Crippen LogP contribution in [0.5, 0.6) is 0 Å². The molecule has 0 bridgehead atoms. The van der Waals surface area contributed by atoms with Crippen LogP contribution >= 0.6 is 0 Å². The lowest BCUT2D eigenvalue weighted by atomic mass is 9.93. The number of ether oxygens (including phenoxy) is 1. The minimum atomic E-state index is -0.578. The summed E-state index contributed by atoms with van der Waals surface area (Å²) >= 11 is 0. The van der Waals surface area contributed by atoms with Crippen molar-refractivity contribution in [2.45, 2.75) is 57.6 Å². The number of amides is 1. The van der Waals surface area contributed by atoms with Crippen molar-refractivity contribution >= 4 is 6.09 Å². The number of fused-ring (bicyclic) bond motifs is 1. The molecule has 1 amide bonds. The van der Waals surface area contributed by atoms with Crippen LogP contribution in [0.15, 0.2) is 29.1 Å². The van der Waals surface area contributed by atoms with Gasteiger partial charge in [0.1, 0.15) is 11.4 Å². The molecule has 7 heteroatoms. The predicted molar refractivity (Wildman–Crippen MR) is 106 cm³/mol. The molecule has 1 saturated carbocycles. The number of nitriles is 1. The molecule has 0 radical (unpaired) electrons. The molecule has 1 aliphatic heterocycles. The fraction of sp³-hybridized carbons (Fsp3) is 0.455. The van der Waals surface area contributed by atoms with E-state index in [-0.39, 0.29) is 17.5 Å². The summed E-state index contributed by atoms with van der Waals surface area (Å²) in [6, 6.07) is 9.60. The van der Waals surface area contributed by atoms with Crippen LogP contribution in [0, 0.1) is 11.3 Å². The first-order valence-corrected chi connectivity index (χ1v) is 9.83. The molecule has 29 heavy (non-hydrogen) atoms. The Labute approximate surface area is 169 Å². The molecular formula is C22H24N4O3. The molecular weight excluding hydrogens is 368 g/mol. The Hall–Kier alpha value is -3.14. The van der Waals surface area contributed by atoms with E-state index in [2.05, 4.69) is 11.1 Å². The topological polar surface area (TPSA) is 99.1 Å². The fourth-order valence-electron chi connectivity index (χ4n) is 3.79. The maximum atomic E-state index is 12.8. The van der Waals surface area contributed by atoms with E-state index in [1.165, 1.54) is 0 Å². The first kappa shape index (κ1) is 19.2. The van der Waals surface area contributed by atoms with E-state index in [1.54, 1.807) is 17.0 Å². The van der Waals surface area contributed by atoms with Gasteiger partial charge in [-0.2, -0.15) is 5.26 Å². The van der Waals surface area contributed by atoms with Crippen molar-refractivity contribution in [3.63, 3.8) is 0 Å². The highest BCUT2D eigenvalue weighted by Crippen LogP contribution is 2.52. The molecule has 150 valence electrons. The van der Waals surface area contributed by atoms with Crippen molar-refractivity contribution in [1.29, 1.82) is 5.26 Å². The Balaban J connectivity index is 1.61. The third kappa shape index (κ3) is 3.63. The van der Waals surface area contributed by atoms with Crippen molar-refractivity contribution in [2.24, 2.45) is 0 Å². The number of carbonyl (C=O) groups is 1. The number of hydrogen-bond acceptors (Lipinski definition) is 5. The molecule has 2 aliphatic rings. The molecule has 1 N–H and O–H groups in total. The third-order valence-electron chi connectivity index (χ3n) is 5.49. The maximum Gasteiger partial charge on any atom is 0.410 e. The van der Waals surface area contributed by atoms with Gasteiger partial charge in [0.15, 0.2) is 0 Å². The van der Waals surface area contributed by atoms with Crippen LogP contribution in [0.4, 0.5) is 4.79 Å². The highest BCUT2D eigenvalue weighted by Gasteiger charge is 2.48. The van der Waals surface area contributed by atoms with Gasteiger partial charge in [-0.25, -0.2) is 9.78 Å². The Morgan fingerprint density at radius 1 is 1.28 bits per heavy atom. The standard InChI is InChI=1S/C22H24N4O3/c1-21(2,3)29-20(28)26-11-8-17-16(13-26)18(27)25-19(24-17)22(9-10-22)15-6-4-14(12-23)5-7-15/h4-7H,8-11,13H2,1-3H3,(H,24,25,27). The van der Waals surface area contributed by atoms with Crippen molar-refractivity contribution < 1.29 is 9.53 Å². The van der Waals surface area contributed by atoms with Gasteiger partial charge in [-0.15, -0.1) is 0 Å². The van der Waals surface area contributed by atoms with E-state index in [0.29, 0.717) is 29.9 Å². The Kier molecular flexibility index (Phi) is 4.45. The first-order valence-electron chi connectivity index (χ1n) is 9.83. The zero-order valence-electron chi connectivity index (χ0n) is 16.9. The molecule has 0 unspecified atom stereocenters. The molecule has 1 fully saturated rings. The minimum Gasteiger partial charge on any atom is -0.444 e. The average Bonchev–Trinajstić information content (AvgIpc) is 3.48. The average molecular weight is 392 g/mol. The summed E-state index contributed by atoms with van der Waals surface area (Å²) in [7, 11) is 0. The second-order valence-corrected chi connectivity index (χ2v) is 8.76. The summed E-state index contributed by atoms with van der Waals surface area (Å²) in [5.74, 6) is 0.677. The molecule has 7 nitrogen and oxygen atoms in total. The summed E-state index contributed by atoms with van der Waals surface area (Å²) in [5.41, 5.74) is 1.89. The summed E-state index contributed by atoms with van der Waals surface area (Å²) in [6.45, 7) is 6.14. The van der Waals surface area contributed by atoms with Crippen LogP contribution in [0.3, 0.4) is 0 Å². The van der Waals surface area contributed by atoms with Crippen LogP contribution in [0.1, 0.15) is 61.8 Å². The Bertz CT molecular complexity index is 1050. The van der Waals surface area contributed by atoms with Gasteiger partial charge in [-0.3, -0.25) is 4.79 Å². The van der Waals surface area contributed by atoms with Crippen LogP contribution in [-0.4, -0.2) is 33.1 Å². The maximum absolute atomic E-state index is 12.8. The monoisotopic (exact) mass is 392 g/mol. The minimum absolute atomic E-state index is 0.196. The van der Waals surface area contributed by atoms with E-state index >= 15 is 0 Å². The Morgan fingerprint density at radius 2 is 1.97 bits per heavy atom. The normalized spacial score (nSPS) is 17.2. The van der Waals surface area contributed by atoms with Crippen LogP contribution < -0.4 is 5.56 Å². The number of rotatable bonds is 2. The van der Waals surface area contributed by atoms with Crippen LogP contribution in [0.2, 0.25) is 0 Å². The number of aromatic nitrogens is 2. The van der Waals surface area contributed by atoms with Crippen LogP contribution in [-0.2, 0) is 23.1 Å². The lowest BCUT2D eigenvalue weighted by molar-refractivity contribution is 0.0221. The second kappa shape index (κ2) is 6.73. The van der Waals surface area contributed by atoms with Gasteiger partial charge in [0.05, 0.1) is 34.8 Å². The summed E-state index contributed by atoms with van der Waals surface area (Å²) in [5, 5.41) is 9.01. The predicted octanol–water partition coefficient (Wildman–Crippen LogP) is 3.01. The lowest BCUT2D eigenvalue weighted by Gasteiger charge is -2.30. The molecule has 2 aromatic rings. The lowest BCUT2D eigenvalue weighted by Crippen LogP contribution is -2.42. The molecule has 0 saturated heterocycles. The van der Waals surface area contributed by atoms with Crippen molar-refractivity contribution in [3.8, 4) is 6.07 Å². The van der Waals surface area contributed by atoms with Crippen molar-refractivity contribution in [2.75, 3.05) is 6.54 Å². The molecule has 1 aromatic heterocycles. The van der Waals surface area contributed by atoms with Gasteiger partial charge in [-0.1, -0.05) is 12.1 Å². The number of hydrogen-bond donors (Lipinski definition) is 1. The fourth-order valence-corrected chi connectivity index (χ4v) is 3.79. The van der Waals surface area contributed by atoms with Gasteiger partial charge in [0.25, 0.3) is 5.56 Å². The smallest absolute Gasteiger partial charge is 0.410 e. The number of nitrogens with zero attached hydrogens (tertiary/aromatic N) is 3. The van der Waals surface area contributed by atoms with Crippen molar-refractivity contribution in [3.05, 3.63) is 62.8 Å². The van der Waals surface area contributed by atoms with Crippen molar-refractivity contribution in [1.82, 2.24) is 14.9 Å². The van der Waals surface area contributed by atoms with Gasteiger partial charge in [0, 0.05) is 13.0 Å². The number of nitrogens with one attached hydrogen (secondary N) is 1. The van der Waals surface area contributed by atoms with E-state index < -0.39 is 11.7 Å². The van der Waals surface area contributed by atoms with Gasteiger partial charge in [0.2, 0.25) is 0 Å². The summed E-state index contributed by atoms with van der Waals surface area (Å²) in [4.78, 5) is 34.5. The number of H-pyrrole nitrogens is 1. The zero-order chi connectivity index (χ0) is 20.8.